The van der Waals surface area contributed by atoms with Crippen LogP contribution in [0.3, 0.4) is 0 Å². The smallest absolute Gasteiger partial charge is 0.335 e. The Morgan fingerprint density at radius 1 is 0.930 bits per heavy atom. The Kier molecular flexibility index (Phi) is 7.84. The van der Waals surface area contributed by atoms with Gasteiger partial charge in [0.1, 0.15) is 23.3 Å². The zero-order valence-electron chi connectivity index (χ0n) is 22.7. The van der Waals surface area contributed by atoms with Gasteiger partial charge in [-0.25, -0.2) is 4.79 Å². The molecular formula is C33H26N4O5S. The highest BCUT2D eigenvalue weighted by Gasteiger charge is 2.42. The lowest BCUT2D eigenvalue weighted by Crippen LogP contribution is -2.29. The molecule has 214 valence electrons. The van der Waals surface area contributed by atoms with Gasteiger partial charge in [-0.1, -0.05) is 36.4 Å². The number of rotatable bonds is 9. The van der Waals surface area contributed by atoms with Gasteiger partial charge in [0.2, 0.25) is 0 Å². The largest absolute Gasteiger partial charge is 0.484 e. The maximum Gasteiger partial charge on any atom is 0.335 e. The Morgan fingerprint density at radius 2 is 1.67 bits per heavy atom. The number of thiocarbonyl (C=S) groups is 1. The van der Waals surface area contributed by atoms with Crippen LogP contribution in [0.25, 0.3) is 11.3 Å². The number of nitrogens with zero attached hydrogens (tertiary/aromatic N) is 2. The molecule has 0 unspecified atom stereocenters. The van der Waals surface area contributed by atoms with Gasteiger partial charge in [0, 0.05) is 23.1 Å². The number of ether oxygens (including phenoxy) is 1. The number of amides is 1. The maximum absolute atomic E-state index is 12.5. The van der Waals surface area contributed by atoms with Gasteiger partial charge >= 0.3 is 5.97 Å². The van der Waals surface area contributed by atoms with Crippen molar-refractivity contribution in [1.29, 1.82) is 0 Å². The fraction of sp³-hybridized carbons (Fsp3) is 0.0909. The van der Waals surface area contributed by atoms with Crippen molar-refractivity contribution in [2.45, 2.75) is 12.1 Å². The maximum atomic E-state index is 12.5. The summed E-state index contributed by atoms with van der Waals surface area (Å²) in [5, 5.41) is 16.0. The molecule has 0 radical (unpaired) electrons. The molecule has 43 heavy (non-hydrogen) atoms. The second-order valence-electron chi connectivity index (χ2n) is 9.78. The van der Waals surface area contributed by atoms with Crippen LogP contribution < -0.4 is 20.3 Å². The van der Waals surface area contributed by atoms with Crippen LogP contribution in [0.5, 0.6) is 5.75 Å². The summed E-state index contributed by atoms with van der Waals surface area (Å²) in [4.78, 5) is 30.3. The number of carboxylic acid groups (broad SMARTS) is 1. The third-order valence-electron chi connectivity index (χ3n) is 6.98. The van der Waals surface area contributed by atoms with Gasteiger partial charge in [-0.2, -0.15) is 0 Å². The van der Waals surface area contributed by atoms with Crippen LogP contribution in [0.4, 0.5) is 11.4 Å². The minimum atomic E-state index is -0.989. The zero-order valence-corrected chi connectivity index (χ0v) is 23.5. The van der Waals surface area contributed by atoms with E-state index in [-0.39, 0.29) is 30.2 Å². The minimum absolute atomic E-state index is 0.112. The molecule has 2 aromatic heterocycles. The number of benzene rings is 3. The van der Waals surface area contributed by atoms with Crippen LogP contribution in [0.2, 0.25) is 0 Å². The van der Waals surface area contributed by atoms with Gasteiger partial charge in [0.15, 0.2) is 11.7 Å². The van der Waals surface area contributed by atoms with E-state index in [2.05, 4.69) is 15.6 Å². The van der Waals surface area contributed by atoms with Gasteiger partial charge in [-0.15, -0.1) is 0 Å². The van der Waals surface area contributed by atoms with Crippen LogP contribution >= 0.6 is 12.2 Å². The number of anilines is 2. The number of furan rings is 1. The molecule has 1 aliphatic rings. The van der Waals surface area contributed by atoms with E-state index in [9.17, 15) is 14.7 Å². The van der Waals surface area contributed by atoms with Crippen molar-refractivity contribution < 1.29 is 23.8 Å². The first-order valence-electron chi connectivity index (χ1n) is 13.5. The van der Waals surface area contributed by atoms with Crippen LogP contribution in [0.1, 0.15) is 33.9 Å². The van der Waals surface area contributed by atoms with Crippen LogP contribution in [0, 0.1) is 0 Å². The zero-order chi connectivity index (χ0) is 29.8. The van der Waals surface area contributed by atoms with E-state index in [0.29, 0.717) is 28.1 Å². The molecule has 0 aliphatic carbocycles. The predicted molar refractivity (Wildman–Crippen MR) is 166 cm³/mol. The van der Waals surface area contributed by atoms with Crippen molar-refractivity contribution in [2.75, 3.05) is 16.8 Å². The first kappa shape index (κ1) is 27.7. The van der Waals surface area contributed by atoms with Gasteiger partial charge < -0.3 is 29.8 Å². The molecule has 1 saturated heterocycles. The lowest BCUT2D eigenvalue weighted by Gasteiger charge is -2.26. The second-order valence-corrected chi connectivity index (χ2v) is 10.2. The first-order chi connectivity index (χ1) is 21.0. The van der Waals surface area contributed by atoms with Crippen molar-refractivity contribution in [3.63, 3.8) is 0 Å². The summed E-state index contributed by atoms with van der Waals surface area (Å²) in [5.74, 6) is 0.602. The van der Waals surface area contributed by atoms with Gasteiger partial charge in [-0.05, 0) is 85.0 Å². The molecule has 1 aliphatic heterocycles. The fourth-order valence-electron chi connectivity index (χ4n) is 4.93. The Labute approximate surface area is 252 Å². The molecule has 2 atom stereocenters. The Morgan fingerprint density at radius 3 is 2.37 bits per heavy atom. The number of nitrogens with one attached hydrogen (secondary N) is 2. The topological polar surface area (TPSA) is 117 Å². The molecule has 3 heterocycles. The average Bonchev–Trinajstić information content (AvgIpc) is 3.66. The molecule has 5 aromatic rings. The van der Waals surface area contributed by atoms with E-state index in [1.165, 1.54) is 0 Å². The lowest BCUT2D eigenvalue weighted by molar-refractivity contribution is -0.118. The molecule has 6 rings (SSSR count). The summed E-state index contributed by atoms with van der Waals surface area (Å²) in [6, 6.07) is 31.8. The van der Waals surface area contributed by atoms with E-state index < -0.39 is 5.97 Å². The summed E-state index contributed by atoms with van der Waals surface area (Å²) in [5.41, 5.74) is 3.16. The predicted octanol–water partition coefficient (Wildman–Crippen LogP) is 6.23. The number of carboxylic acids is 1. The van der Waals surface area contributed by atoms with Gasteiger partial charge in [-0.3, -0.25) is 9.78 Å². The molecule has 3 aromatic carbocycles. The summed E-state index contributed by atoms with van der Waals surface area (Å²) < 4.78 is 11.9. The molecule has 10 heteroatoms. The summed E-state index contributed by atoms with van der Waals surface area (Å²) >= 11 is 5.80. The monoisotopic (exact) mass is 590 g/mol. The van der Waals surface area contributed by atoms with E-state index >= 15 is 0 Å². The lowest BCUT2D eigenvalue weighted by atomic mass is 10.0. The molecular weight excluding hydrogens is 564 g/mol. The number of hydrogen-bond acceptors (Lipinski definition) is 6. The normalized spacial score (nSPS) is 16.0. The van der Waals surface area contributed by atoms with Crippen molar-refractivity contribution in [3.05, 3.63) is 132 Å². The highest BCUT2D eigenvalue weighted by molar-refractivity contribution is 7.80. The van der Waals surface area contributed by atoms with Crippen LogP contribution in [-0.2, 0) is 4.79 Å². The molecule has 1 fully saturated rings. The molecule has 3 N–H and O–H groups in total. The number of para-hydroxylation sites is 1. The molecule has 0 saturated carbocycles. The van der Waals surface area contributed by atoms with Gasteiger partial charge in [0.05, 0.1) is 17.3 Å². The van der Waals surface area contributed by atoms with Crippen molar-refractivity contribution in [2.24, 2.45) is 0 Å². The third-order valence-corrected chi connectivity index (χ3v) is 7.29. The number of hydrogen-bond donors (Lipinski definition) is 3. The standard InChI is InChI=1S/C33H26N4O5S/c38-29(20-41-25-6-2-1-3-7-25)35-23-13-15-24(16-14-23)37-31(30(36-33(37)43)26-8-4-5-19-34-26)28-18-17-27(42-28)21-9-11-22(12-10-21)32(39)40/h1-19,30-31H,20H2,(H,35,38)(H,36,43)(H,39,40)/t30-,31+/m1/s1. The minimum Gasteiger partial charge on any atom is -0.484 e. The van der Waals surface area contributed by atoms with E-state index in [1.807, 2.05) is 65.6 Å². The number of aromatic carboxylic acids is 1. The van der Waals surface area contributed by atoms with Crippen molar-refractivity contribution in [3.8, 4) is 17.1 Å². The molecule has 1 amide bonds. The number of carbonyl (C=O) groups is 2. The molecule has 0 spiro atoms. The van der Waals surface area contributed by atoms with E-state index in [4.69, 9.17) is 21.4 Å². The SMILES string of the molecule is O=C(COc1ccccc1)Nc1ccc(N2C(=S)N[C@H](c3ccccn3)[C@@H]2c2ccc(-c3ccc(C(=O)O)cc3)o2)cc1. The van der Waals surface area contributed by atoms with E-state index in [1.54, 1.807) is 54.7 Å². The number of carbonyl (C=O) groups excluding carboxylic acids is 1. The highest BCUT2D eigenvalue weighted by atomic mass is 32.1. The number of pyridine rings is 1. The third kappa shape index (κ3) is 6.09. The molecule has 0 bridgehead atoms. The highest BCUT2D eigenvalue weighted by Crippen LogP contribution is 2.43. The Hall–Kier alpha value is -5.48. The van der Waals surface area contributed by atoms with Gasteiger partial charge in [0.25, 0.3) is 5.91 Å². The van der Waals surface area contributed by atoms with Crippen LogP contribution in [-0.4, -0.2) is 33.7 Å². The first-order valence-corrected chi connectivity index (χ1v) is 13.9. The number of aromatic nitrogens is 1. The average molecular weight is 591 g/mol. The summed E-state index contributed by atoms with van der Waals surface area (Å²) in [7, 11) is 0. The summed E-state index contributed by atoms with van der Waals surface area (Å²) in [6.07, 6.45) is 1.73. The van der Waals surface area contributed by atoms with Crippen LogP contribution in [0.15, 0.2) is 120 Å². The Balaban J connectivity index is 1.25. The fourth-order valence-corrected chi connectivity index (χ4v) is 5.28. The molecule has 9 nitrogen and oxygen atoms in total. The quantitative estimate of drug-likeness (QED) is 0.172. The van der Waals surface area contributed by atoms with Crippen molar-refractivity contribution in [1.82, 2.24) is 10.3 Å². The van der Waals surface area contributed by atoms with E-state index in [0.717, 1.165) is 16.9 Å². The Bertz CT molecular complexity index is 1740. The summed E-state index contributed by atoms with van der Waals surface area (Å²) in [6.45, 7) is -0.112. The second kappa shape index (κ2) is 12.2. The van der Waals surface area contributed by atoms with Crippen molar-refractivity contribution >= 4 is 40.6 Å².